The van der Waals surface area contributed by atoms with Crippen LogP contribution in [0.2, 0.25) is 0 Å². The summed E-state index contributed by atoms with van der Waals surface area (Å²) in [6.07, 6.45) is 1.11. The number of nitrogens with zero attached hydrogens (tertiary/aromatic N) is 2. The van der Waals surface area contributed by atoms with Crippen molar-refractivity contribution in [2.24, 2.45) is 0 Å². The van der Waals surface area contributed by atoms with Crippen LogP contribution in [0.15, 0.2) is 18.3 Å². The van der Waals surface area contributed by atoms with Crippen LogP contribution in [0.4, 0.5) is 20.3 Å². The van der Waals surface area contributed by atoms with E-state index in [0.717, 1.165) is 12.3 Å². The van der Waals surface area contributed by atoms with Crippen molar-refractivity contribution in [3.8, 4) is 0 Å². The number of carbonyl (C=O) groups excluding carboxylic acids is 1. The zero-order chi connectivity index (χ0) is 12.3. The van der Waals surface area contributed by atoms with Gasteiger partial charge in [0, 0.05) is 12.3 Å². The molecule has 0 bridgehead atoms. The predicted molar refractivity (Wildman–Crippen MR) is 50.3 cm³/mol. The first kappa shape index (κ1) is 12.2. The molecule has 1 aromatic rings. The highest BCUT2D eigenvalue weighted by molar-refractivity contribution is 6.33. The maximum absolute atomic E-state index is 12.3. The Balaban J connectivity index is 2.98. The molecule has 1 aromatic heterocycles. The summed E-state index contributed by atoms with van der Waals surface area (Å²) in [7, 11) is 0. The number of alkyl halides is 3. The number of aromatic nitrogens is 1. The van der Waals surface area contributed by atoms with Gasteiger partial charge in [-0.25, -0.2) is 4.98 Å². The Kier molecular flexibility index (Phi) is 3.33. The number of nitrogens with one attached hydrogen (secondary N) is 1. The van der Waals surface area contributed by atoms with Crippen molar-refractivity contribution in [1.82, 2.24) is 4.98 Å². The Hall–Kier alpha value is -1.83. The Morgan fingerprint density at radius 2 is 2.25 bits per heavy atom. The van der Waals surface area contributed by atoms with Crippen molar-refractivity contribution < 1.29 is 18.5 Å². The van der Waals surface area contributed by atoms with E-state index in [0.29, 0.717) is 0 Å². The van der Waals surface area contributed by atoms with Crippen LogP contribution in [0.3, 0.4) is 0 Å². The lowest BCUT2D eigenvalue weighted by Crippen LogP contribution is -2.29. The fourth-order valence-corrected chi connectivity index (χ4v) is 0.866. The molecule has 1 amide bonds. The van der Waals surface area contributed by atoms with Crippen LogP contribution in [-0.2, 0) is 4.79 Å². The highest BCUT2D eigenvalue weighted by atomic mass is 35.5. The van der Waals surface area contributed by atoms with E-state index in [4.69, 9.17) is 0 Å². The van der Waals surface area contributed by atoms with E-state index in [-0.39, 0.29) is 0 Å². The topological polar surface area (TPSA) is 85.1 Å². The molecule has 9 heteroatoms. The number of rotatable bonds is 3. The molecule has 0 radical (unpaired) electrons. The third-order valence-electron chi connectivity index (χ3n) is 1.47. The van der Waals surface area contributed by atoms with Gasteiger partial charge in [0.1, 0.15) is 0 Å². The van der Waals surface area contributed by atoms with Crippen molar-refractivity contribution in [1.29, 1.82) is 0 Å². The van der Waals surface area contributed by atoms with Gasteiger partial charge in [-0.3, -0.25) is 20.2 Å². The SMILES string of the molecule is O=C(Nc1ncccc1[N+](=O)[O-])C(F)(F)Cl. The first-order chi connectivity index (χ1) is 7.32. The monoisotopic (exact) mass is 251 g/mol. The standard InChI is InChI=1S/C7H4ClF2N3O3/c8-7(9,10)6(14)12-5-4(13(15)16)2-1-3-11-5/h1-3H,(H,11,12,14). The molecule has 0 fully saturated rings. The van der Waals surface area contributed by atoms with Crippen molar-refractivity contribution in [3.05, 3.63) is 28.4 Å². The summed E-state index contributed by atoms with van der Waals surface area (Å²) in [6.45, 7) is 0. The molecule has 1 rings (SSSR count). The fraction of sp³-hybridized carbons (Fsp3) is 0.143. The molecule has 86 valence electrons. The quantitative estimate of drug-likeness (QED) is 0.504. The van der Waals surface area contributed by atoms with Crippen LogP contribution in [0.1, 0.15) is 0 Å². The average molecular weight is 252 g/mol. The Morgan fingerprint density at radius 1 is 1.62 bits per heavy atom. The zero-order valence-corrected chi connectivity index (χ0v) is 8.24. The van der Waals surface area contributed by atoms with E-state index in [1.54, 1.807) is 5.32 Å². The molecule has 0 saturated carbocycles. The minimum Gasteiger partial charge on any atom is -0.298 e. The van der Waals surface area contributed by atoms with Gasteiger partial charge in [0.05, 0.1) is 4.92 Å². The molecular formula is C7H4ClF2N3O3. The Morgan fingerprint density at radius 3 is 2.75 bits per heavy atom. The van der Waals surface area contributed by atoms with Crippen molar-refractivity contribution in [2.45, 2.75) is 5.38 Å². The molecule has 16 heavy (non-hydrogen) atoms. The molecule has 0 saturated heterocycles. The minimum absolute atomic E-state index is 0.585. The number of anilines is 1. The minimum atomic E-state index is -4.15. The fourth-order valence-electron chi connectivity index (χ4n) is 0.819. The van der Waals surface area contributed by atoms with Gasteiger partial charge in [-0.1, -0.05) is 0 Å². The Bertz CT molecular complexity index is 435. The lowest BCUT2D eigenvalue weighted by Gasteiger charge is -2.07. The highest BCUT2D eigenvalue weighted by Crippen LogP contribution is 2.25. The molecule has 1 heterocycles. The summed E-state index contributed by atoms with van der Waals surface area (Å²) >= 11 is 4.42. The van der Waals surface area contributed by atoms with Crippen LogP contribution in [0.5, 0.6) is 0 Å². The maximum Gasteiger partial charge on any atom is 0.400 e. The number of hydrogen-bond acceptors (Lipinski definition) is 4. The molecular weight excluding hydrogens is 248 g/mol. The van der Waals surface area contributed by atoms with E-state index in [9.17, 15) is 23.7 Å². The summed E-state index contributed by atoms with van der Waals surface area (Å²) in [4.78, 5) is 23.7. The first-order valence-corrected chi connectivity index (χ1v) is 4.17. The van der Waals surface area contributed by atoms with E-state index in [1.807, 2.05) is 0 Å². The van der Waals surface area contributed by atoms with Crippen LogP contribution < -0.4 is 5.32 Å². The van der Waals surface area contributed by atoms with Crippen LogP contribution >= 0.6 is 11.6 Å². The maximum atomic E-state index is 12.3. The second-order valence-electron chi connectivity index (χ2n) is 2.58. The van der Waals surface area contributed by atoms with Gasteiger partial charge in [-0.15, -0.1) is 0 Å². The second kappa shape index (κ2) is 4.35. The number of amides is 1. The highest BCUT2D eigenvalue weighted by Gasteiger charge is 2.37. The van der Waals surface area contributed by atoms with Gasteiger partial charge in [0.15, 0.2) is 0 Å². The van der Waals surface area contributed by atoms with E-state index < -0.39 is 27.7 Å². The second-order valence-corrected chi connectivity index (χ2v) is 3.05. The number of nitro groups is 1. The molecule has 0 atom stereocenters. The molecule has 6 nitrogen and oxygen atoms in total. The zero-order valence-electron chi connectivity index (χ0n) is 7.49. The van der Waals surface area contributed by atoms with Crippen molar-refractivity contribution in [2.75, 3.05) is 5.32 Å². The molecule has 0 aliphatic rings. The third kappa shape index (κ3) is 2.83. The van der Waals surface area contributed by atoms with Gasteiger partial charge >= 0.3 is 17.0 Å². The summed E-state index contributed by atoms with van der Waals surface area (Å²) in [5.41, 5.74) is -0.600. The van der Waals surface area contributed by atoms with Crippen LogP contribution in [0, 0.1) is 10.1 Å². The van der Waals surface area contributed by atoms with Crippen molar-refractivity contribution >= 4 is 29.0 Å². The summed E-state index contributed by atoms with van der Waals surface area (Å²) in [6, 6.07) is 2.24. The molecule has 0 aliphatic carbocycles. The van der Waals surface area contributed by atoms with Gasteiger partial charge in [-0.2, -0.15) is 8.78 Å². The van der Waals surface area contributed by atoms with Gasteiger partial charge in [0.25, 0.3) is 0 Å². The van der Waals surface area contributed by atoms with Crippen LogP contribution in [0.25, 0.3) is 0 Å². The lowest BCUT2D eigenvalue weighted by molar-refractivity contribution is -0.384. The largest absolute Gasteiger partial charge is 0.400 e. The predicted octanol–water partition coefficient (Wildman–Crippen LogP) is 1.76. The number of pyridine rings is 1. The van der Waals surface area contributed by atoms with E-state index >= 15 is 0 Å². The summed E-state index contributed by atoms with van der Waals surface area (Å²) in [5.74, 6) is -2.46. The summed E-state index contributed by atoms with van der Waals surface area (Å²) < 4.78 is 24.6. The molecule has 0 aliphatic heterocycles. The van der Waals surface area contributed by atoms with Crippen LogP contribution in [-0.4, -0.2) is 21.2 Å². The normalized spacial score (nSPS) is 10.9. The van der Waals surface area contributed by atoms with E-state index in [2.05, 4.69) is 16.6 Å². The van der Waals surface area contributed by atoms with Gasteiger partial charge in [-0.05, 0) is 17.7 Å². The number of carbonyl (C=O) groups is 1. The van der Waals surface area contributed by atoms with Gasteiger partial charge < -0.3 is 0 Å². The van der Waals surface area contributed by atoms with Gasteiger partial charge in [0.2, 0.25) is 5.82 Å². The average Bonchev–Trinajstić information content (AvgIpc) is 2.16. The third-order valence-corrected chi connectivity index (χ3v) is 1.64. The molecule has 0 aromatic carbocycles. The summed E-state index contributed by atoms with van der Waals surface area (Å²) in [5, 5.41) is 7.86. The lowest BCUT2D eigenvalue weighted by atomic mass is 10.4. The smallest absolute Gasteiger partial charge is 0.298 e. The number of hydrogen-bond donors (Lipinski definition) is 1. The number of halogens is 3. The van der Waals surface area contributed by atoms with E-state index in [1.165, 1.54) is 6.07 Å². The Labute approximate surface area is 92.4 Å². The first-order valence-electron chi connectivity index (χ1n) is 3.80. The van der Waals surface area contributed by atoms with Crippen molar-refractivity contribution in [3.63, 3.8) is 0 Å². The molecule has 1 N–H and O–H groups in total. The molecule has 0 spiro atoms. The molecule has 0 unspecified atom stereocenters.